The lowest BCUT2D eigenvalue weighted by Crippen LogP contribution is -1.98. The Hall–Kier alpha value is -1.61. The van der Waals surface area contributed by atoms with E-state index < -0.39 is 6.10 Å². The number of nitrogens with zero attached hydrogens (tertiary/aromatic N) is 1. The molecule has 0 aliphatic heterocycles. The summed E-state index contributed by atoms with van der Waals surface area (Å²) in [4.78, 5) is 4.31. The fourth-order valence-corrected chi connectivity index (χ4v) is 1.81. The number of ether oxygens (including phenoxy) is 1. The van der Waals surface area contributed by atoms with Gasteiger partial charge in [-0.05, 0) is 31.5 Å². The average molecular weight is 217 g/mol. The normalized spacial score (nSPS) is 12.7. The molecule has 2 aromatic rings. The predicted molar refractivity (Wildman–Crippen MR) is 63.5 cm³/mol. The molecule has 16 heavy (non-hydrogen) atoms. The fraction of sp³-hybridized carbons (Fsp3) is 0.308. The average Bonchev–Trinajstić information content (AvgIpc) is 2.29. The maximum atomic E-state index is 9.67. The van der Waals surface area contributed by atoms with Gasteiger partial charge < -0.3 is 9.84 Å². The van der Waals surface area contributed by atoms with Crippen molar-refractivity contribution in [3.05, 3.63) is 36.0 Å². The Morgan fingerprint density at radius 3 is 2.88 bits per heavy atom. The molecule has 1 aromatic heterocycles. The monoisotopic (exact) mass is 217 g/mol. The fourth-order valence-electron chi connectivity index (χ4n) is 1.81. The number of pyridine rings is 1. The van der Waals surface area contributed by atoms with Crippen LogP contribution in [0, 0.1) is 0 Å². The number of aromatic nitrogens is 1. The van der Waals surface area contributed by atoms with E-state index in [1.807, 2.05) is 31.2 Å². The van der Waals surface area contributed by atoms with E-state index in [4.69, 9.17) is 4.74 Å². The molecule has 3 nitrogen and oxygen atoms in total. The first-order valence-electron chi connectivity index (χ1n) is 5.42. The van der Waals surface area contributed by atoms with E-state index in [-0.39, 0.29) is 0 Å². The van der Waals surface area contributed by atoms with Gasteiger partial charge in [-0.3, -0.25) is 4.98 Å². The highest BCUT2D eigenvalue weighted by Crippen LogP contribution is 2.29. The molecule has 2 rings (SSSR count). The molecule has 84 valence electrons. The minimum absolute atomic E-state index is 0.498. The Morgan fingerprint density at radius 1 is 1.38 bits per heavy atom. The quantitative estimate of drug-likeness (QED) is 0.859. The van der Waals surface area contributed by atoms with Crippen molar-refractivity contribution in [3.8, 4) is 5.75 Å². The minimum Gasteiger partial charge on any atom is -0.492 e. The topological polar surface area (TPSA) is 42.4 Å². The van der Waals surface area contributed by atoms with Gasteiger partial charge in [-0.1, -0.05) is 12.1 Å². The largest absolute Gasteiger partial charge is 0.492 e. The molecule has 1 unspecified atom stereocenters. The highest BCUT2D eigenvalue weighted by atomic mass is 16.5. The molecule has 0 radical (unpaired) electrons. The number of rotatable bonds is 3. The lowest BCUT2D eigenvalue weighted by Gasteiger charge is -2.12. The first kappa shape index (κ1) is 10.9. The summed E-state index contributed by atoms with van der Waals surface area (Å²) < 4.78 is 5.51. The predicted octanol–water partition coefficient (Wildman–Crippen LogP) is 2.69. The van der Waals surface area contributed by atoms with Crippen LogP contribution >= 0.6 is 0 Å². The standard InChI is InChI=1S/C13H15NO2/c1-3-16-12-7-6-10(9(2)15)11-5-4-8-14-13(11)12/h4-9,15H,3H2,1-2H3. The van der Waals surface area contributed by atoms with Gasteiger partial charge in [-0.2, -0.15) is 0 Å². The second-order valence-corrected chi connectivity index (χ2v) is 3.66. The van der Waals surface area contributed by atoms with Gasteiger partial charge in [0.25, 0.3) is 0 Å². The van der Waals surface area contributed by atoms with Crippen molar-refractivity contribution in [2.75, 3.05) is 6.61 Å². The number of hydrogen-bond donors (Lipinski definition) is 1. The zero-order chi connectivity index (χ0) is 11.5. The lowest BCUT2D eigenvalue weighted by atomic mass is 10.0. The maximum absolute atomic E-state index is 9.67. The number of aliphatic hydroxyl groups is 1. The van der Waals surface area contributed by atoms with Gasteiger partial charge in [0.1, 0.15) is 11.3 Å². The molecule has 1 atom stereocenters. The van der Waals surface area contributed by atoms with Crippen LogP contribution in [0.1, 0.15) is 25.5 Å². The highest BCUT2D eigenvalue weighted by molar-refractivity contribution is 5.87. The zero-order valence-electron chi connectivity index (χ0n) is 9.47. The van der Waals surface area contributed by atoms with Gasteiger partial charge in [-0.25, -0.2) is 0 Å². The lowest BCUT2D eigenvalue weighted by molar-refractivity contribution is 0.201. The van der Waals surface area contributed by atoms with Gasteiger partial charge in [0.05, 0.1) is 12.7 Å². The molecule has 0 bridgehead atoms. The number of benzene rings is 1. The van der Waals surface area contributed by atoms with Crippen molar-refractivity contribution in [1.82, 2.24) is 4.98 Å². The second kappa shape index (κ2) is 4.49. The van der Waals surface area contributed by atoms with E-state index in [1.54, 1.807) is 13.1 Å². The van der Waals surface area contributed by atoms with Crippen molar-refractivity contribution < 1.29 is 9.84 Å². The van der Waals surface area contributed by atoms with E-state index in [2.05, 4.69) is 4.98 Å². The molecule has 0 saturated heterocycles. The van der Waals surface area contributed by atoms with Crippen LogP contribution in [0.25, 0.3) is 10.9 Å². The molecule has 0 amide bonds. The minimum atomic E-state index is -0.498. The summed E-state index contributed by atoms with van der Waals surface area (Å²) in [5.41, 5.74) is 1.69. The second-order valence-electron chi connectivity index (χ2n) is 3.66. The molecule has 0 fully saturated rings. The Bertz CT molecular complexity index is 494. The van der Waals surface area contributed by atoms with E-state index in [0.717, 1.165) is 22.2 Å². The van der Waals surface area contributed by atoms with Crippen LogP contribution in [0.4, 0.5) is 0 Å². The van der Waals surface area contributed by atoms with Crippen LogP contribution in [-0.4, -0.2) is 16.7 Å². The van der Waals surface area contributed by atoms with Crippen LogP contribution < -0.4 is 4.74 Å². The summed E-state index contributed by atoms with van der Waals surface area (Å²) in [6.07, 6.45) is 1.24. The van der Waals surface area contributed by atoms with Crippen molar-refractivity contribution in [3.63, 3.8) is 0 Å². The van der Waals surface area contributed by atoms with Crippen LogP contribution in [-0.2, 0) is 0 Å². The molecular weight excluding hydrogens is 202 g/mol. The summed E-state index contributed by atoms with van der Waals surface area (Å²) in [5, 5.41) is 10.6. The number of aliphatic hydroxyl groups excluding tert-OH is 1. The Labute approximate surface area is 94.7 Å². The molecule has 1 heterocycles. The Kier molecular flexibility index (Phi) is 3.06. The first-order chi connectivity index (χ1) is 7.74. The van der Waals surface area contributed by atoms with Crippen LogP contribution in [0.5, 0.6) is 5.75 Å². The van der Waals surface area contributed by atoms with Gasteiger partial charge in [0, 0.05) is 11.6 Å². The highest BCUT2D eigenvalue weighted by Gasteiger charge is 2.10. The van der Waals surface area contributed by atoms with E-state index >= 15 is 0 Å². The van der Waals surface area contributed by atoms with Crippen molar-refractivity contribution in [2.45, 2.75) is 20.0 Å². The molecule has 0 aliphatic rings. The molecule has 0 aliphatic carbocycles. The van der Waals surface area contributed by atoms with Gasteiger partial charge in [0.15, 0.2) is 0 Å². The molecule has 0 saturated carbocycles. The van der Waals surface area contributed by atoms with E-state index in [1.165, 1.54) is 0 Å². The SMILES string of the molecule is CCOc1ccc(C(C)O)c2cccnc12. The van der Waals surface area contributed by atoms with E-state index in [9.17, 15) is 5.11 Å². The van der Waals surface area contributed by atoms with Gasteiger partial charge in [-0.15, -0.1) is 0 Å². The Morgan fingerprint density at radius 2 is 2.19 bits per heavy atom. The van der Waals surface area contributed by atoms with Gasteiger partial charge >= 0.3 is 0 Å². The molecule has 0 spiro atoms. The summed E-state index contributed by atoms with van der Waals surface area (Å²) in [6.45, 7) is 4.30. The molecule has 1 N–H and O–H groups in total. The van der Waals surface area contributed by atoms with Gasteiger partial charge in [0.2, 0.25) is 0 Å². The molecular formula is C13H15NO2. The number of fused-ring (bicyclic) bond motifs is 1. The van der Waals surface area contributed by atoms with Crippen LogP contribution in [0.15, 0.2) is 30.5 Å². The van der Waals surface area contributed by atoms with Crippen molar-refractivity contribution >= 4 is 10.9 Å². The maximum Gasteiger partial charge on any atom is 0.145 e. The molecule has 1 aromatic carbocycles. The zero-order valence-corrected chi connectivity index (χ0v) is 9.47. The Balaban J connectivity index is 2.67. The van der Waals surface area contributed by atoms with Crippen molar-refractivity contribution in [2.24, 2.45) is 0 Å². The summed E-state index contributed by atoms with van der Waals surface area (Å²) in [5.74, 6) is 0.766. The first-order valence-corrected chi connectivity index (χ1v) is 5.42. The third kappa shape index (κ3) is 1.86. The summed E-state index contributed by atoms with van der Waals surface area (Å²) >= 11 is 0. The summed E-state index contributed by atoms with van der Waals surface area (Å²) in [6, 6.07) is 7.57. The smallest absolute Gasteiger partial charge is 0.145 e. The third-order valence-electron chi connectivity index (χ3n) is 2.52. The van der Waals surface area contributed by atoms with Crippen molar-refractivity contribution in [1.29, 1.82) is 0 Å². The number of hydrogen-bond acceptors (Lipinski definition) is 3. The van der Waals surface area contributed by atoms with Crippen LogP contribution in [0.3, 0.4) is 0 Å². The van der Waals surface area contributed by atoms with E-state index in [0.29, 0.717) is 6.61 Å². The summed E-state index contributed by atoms with van der Waals surface area (Å²) in [7, 11) is 0. The third-order valence-corrected chi connectivity index (χ3v) is 2.52. The molecule has 3 heteroatoms. The van der Waals surface area contributed by atoms with Crippen LogP contribution in [0.2, 0.25) is 0 Å².